The summed E-state index contributed by atoms with van der Waals surface area (Å²) in [5.74, 6) is 0.974. The smallest absolute Gasteiger partial charge is 0.227 e. The van der Waals surface area contributed by atoms with Crippen LogP contribution < -0.4 is 15.8 Å². The number of carbonyl (C=O) groups is 1. The highest BCUT2D eigenvalue weighted by atomic mass is 16.5. The van der Waals surface area contributed by atoms with E-state index in [2.05, 4.69) is 5.32 Å². The molecule has 2 rings (SSSR count). The molecule has 1 aliphatic rings. The van der Waals surface area contributed by atoms with Gasteiger partial charge in [0.05, 0.1) is 6.61 Å². The van der Waals surface area contributed by atoms with Crippen molar-refractivity contribution >= 4 is 11.6 Å². The van der Waals surface area contributed by atoms with E-state index < -0.39 is 0 Å². The lowest BCUT2D eigenvalue weighted by Gasteiger charge is -2.25. The van der Waals surface area contributed by atoms with Gasteiger partial charge >= 0.3 is 0 Å². The summed E-state index contributed by atoms with van der Waals surface area (Å²) in [5.41, 5.74) is 6.65. The topological polar surface area (TPSA) is 64.3 Å². The number of benzene rings is 1. The molecule has 0 saturated heterocycles. The van der Waals surface area contributed by atoms with Crippen molar-refractivity contribution in [2.75, 3.05) is 11.9 Å². The monoisotopic (exact) mass is 262 g/mol. The highest BCUT2D eigenvalue weighted by Gasteiger charge is 2.24. The number of hydrogen-bond donors (Lipinski definition) is 2. The summed E-state index contributed by atoms with van der Waals surface area (Å²) in [6.07, 6.45) is 3.66. The molecule has 1 aliphatic carbocycles. The van der Waals surface area contributed by atoms with Crippen LogP contribution in [0, 0.1) is 5.92 Å². The summed E-state index contributed by atoms with van der Waals surface area (Å²) in [6.45, 7) is 2.56. The maximum atomic E-state index is 12.2. The first-order chi connectivity index (χ1) is 9.19. The number of nitrogens with two attached hydrogens (primary N) is 1. The first-order valence-corrected chi connectivity index (χ1v) is 6.98. The van der Waals surface area contributed by atoms with Gasteiger partial charge in [0.2, 0.25) is 5.91 Å². The van der Waals surface area contributed by atoms with Gasteiger partial charge in [-0.25, -0.2) is 0 Å². The van der Waals surface area contributed by atoms with Crippen molar-refractivity contribution in [3.8, 4) is 5.75 Å². The van der Waals surface area contributed by atoms with Gasteiger partial charge in [-0.05, 0) is 44.7 Å². The predicted molar refractivity (Wildman–Crippen MR) is 76.2 cm³/mol. The van der Waals surface area contributed by atoms with Gasteiger partial charge < -0.3 is 15.8 Å². The van der Waals surface area contributed by atoms with Crippen LogP contribution in [0.2, 0.25) is 0 Å². The third-order valence-corrected chi connectivity index (χ3v) is 3.56. The molecule has 3 N–H and O–H groups in total. The first-order valence-electron chi connectivity index (χ1n) is 6.98. The average molecular weight is 262 g/mol. The second-order valence-electron chi connectivity index (χ2n) is 5.06. The van der Waals surface area contributed by atoms with Gasteiger partial charge in [0.1, 0.15) is 5.75 Å². The Morgan fingerprint density at radius 3 is 2.79 bits per heavy atom. The number of hydrogen-bond acceptors (Lipinski definition) is 3. The molecule has 0 aromatic heterocycles. The summed E-state index contributed by atoms with van der Waals surface area (Å²) in [4.78, 5) is 12.2. The van der Waals surface area contributed by atoms with Crippen LogP contribution in [0.4, 0.5) is 5.69 Å². The molecule has 1 amide bonds. The van der Waals surface area contributed by atoms with E-state index in [1.807, 2.05) is 31.2 Å². The van der Waals surface area contributed by atoms with Gasteiger partial charge in [-0.1, -0.05) is 6.07 Å². The van der Waals surface area contributed by atoms with Crippen LogP contribution >= 0.6 is 0 Å². The number of ether oxygens (including phenoxy) is 1. The van der Waals surface area contributed by atoms with E-state index in [0.29, 0.717) is 6.61 Å². The SMILES string of the molecule is CCOc1cccc(NC(=O)C2CCC(N)CC2)c1. The minimum absolute atomic E-state index is 0.0931. The van der Waals surface area contributed by atoms with E-state index >= 15 is 0 Å². The van der Waals surface area contributed by atoms with Crippen molar-refractivity contribution in [1.29, 1.82) is 0 Å². The fourth-order valence-corrected chi connectivity index (χ4v) is 2.46. The summed E-state index contributed by atoms with van der Waals surface area (Å²) in [7, 11) is 0. The van der Waals surface area contributed by atoms with E-state index in [0.717, 1.165) is 37.1 Å². The molecule has 0 spiro atoms. The molecule has 0 bridgehead atoms. The number of carbonyl (C=O) groups excluding carboxylic acids is 1. The number of rotatable bonds is 4. The molecule has 4 nitrogen and oxygen atoms in total. The van der Waals surface area contributed by atoms with Gasteiger partial charge in [-0.2, -0.15) is 0 Å². The van der Waals surface area contributed by atoms with Crippen molar-refractivity contribution in [2.45, 2.75) is 38.6 Å². The highest BCUT2D eigenvalue weighted by Crippen LogP contribution is 2.25. The first kappa shape index (κ1) is 13.9. The van der Waals surface area contributed by atoms with Crippen LogP contribution in [0.3, 0.4) is 0 Å². The Morgan fingerprint density at radius 2 is 2.11 bits per heavy atom. The number of nitrogens with one attached hydrogen (secondary N) is 1. The molecule has 19 heavy (non-hydrogen) atoms. The molecule has 1 fully saturated rings. The molecule has 1 aromatic carbocycles. The van der Waals surface area contributed by atoms with E-state index in [1.54, 1.807) is 0 Å². The zero-order valence-electron chi connectivity index (χ0n) is 11.4. The Kier molecular flexibility index (Phi) is 4.80. The standard InChI is InChI=1S/C15H22N2O2/c1-2-19-14-5-3-4-13(10-14)17-15(18)11-6-8-12(16)9-7-11/h3-5,10-12H,2,6-9,16H2,1H3,(H,17,18). The Balaban J connectivity index is 1.93. The van der Waals surface area contributed by atoms with E-state index in [1.165, 1.54) is 0 Å². The summed E-state index contributed by atoms with van der Waals surface area (Å²) >= 11 is 0. The quantitative estimate of drug-likeness (QED) is 0.876. The lowest BCUT2D eigenvalue weighted by Crippen LogP contribution is -2.32. The maximum Gasteiger partial charge on any atom is 0.227 e. The van der Waals surface area contributed by atoms with Crippen LogP contribution in [0.5, 0.6) is 5.75 Å². The molecule has 104 valence electrons. The van der Waals surface area contributed by atoms with E-state index in [9.17, 15) is 4.79 Å². The van der Waals surface area contributed by atoms with Gasteiger partial charge in [0, 0.05) is 23.7 Å². The summed E-state index contributed by atoms with van der Waals surface area (Å²) in [6, 6.07) is 7.78. The largest absolute Gasteiger partial charge is 0.494 e. The van der Waals surface area contributed by atoms with Crippen LogP contribution in [0.1, 0.15) is 32.6 Å². The molecular formula is C15H22N2O2. The van der Waals surface area contributed by atoms with Crippen molar-refractivity contribution in [3.05, 3.63) is 24.3 Å². The second kappa shape index (κ2) is 6.57. The van der Waals surface area contributed by atoms with E-state index in [-0.39, 0.29) is 17.9 Å². The lowest BCUT2D eigenvalue weighted by molar-refractivity contribution is -0.120. The average Bonchev–Trinajstić information content (AvgIpc) is 2.40. The van der Waals surface area contributed by atoms with Crippen molar-refractivity contribution in [1.82, 2.24) is 0 Å². The zero-order valence-corrected chi connectivity index (χ0v) is 11.4. The van der Waals surface area contributed by atoms with Gasteiger partial charge in [0.25, 0.3) is 0 Å². The lowest BCUT2D eigenvalue weighted by atomic mass is 9.86. The molecule has 1 saturated carbocycles. The molecule has 0 radical (unpaired) electrons. The molecule has 1 aromatic rings. The van der Waals surface area contributed by atoms with Crippen molar-refractivity contribution in [2.24, 2.45) is 11.7 Å². The third-order valence-electron chi connectivity index (χ3n) is 3.56. The molecular weight excluding hydrogens is 240 g/mol. The fourth-order valence-electron chi connectivity index (χ4n) is 2.46. The number of anilines is 1. The van der Waals surface area contributed by atoms with Crippen molar-refractivity contribution in [3.63, 3.8) is 0 Å². The molecule has 0 unspecified atom stereocenters. The number of amides is 1. The molecule has 0 atom stereocenters. The van der Waals surface area contributed by atoms with Crippen molar-refractivity contribution < 1.29 is 9.53 Å². The minimum atomic E-state index is 0.0931. The minimum Gasteiger partial charge on any atom is -0.494 e. The predicted octanol–water partition coefficient (Wildman–Crippen LogP) is 2.54. The highest BCUT2D eigenvalue weighted by molar-refractivity contribution is 5.92. The van der Waals surface area contributed by atoms with Crippen LogP contribution in [0.15, 0.2) is 24.3 Å². The Labute approximate surface area is 114 Å². The maximum absolute atomic E-state index is 12.2. The normalized spacial score (nSPS) is 22.8. The zero-order chi connectivity index (χ0) is 13.7. The third kappa shape index (κ3) is 3.96. The molecule has 4 heteroatoms. The van der Waals surface area contributed by atoms with Gasteiger partial charge in [-0.15, -0.1) is 0 Å². The summed E-state index contributed by atoms with van der Waals surface area (Å²) < 4.78 is 5.42. The van der Waals surface area contributed by atoms with Gasteiger partial charge in [0.15, 0.2) is 0 Å². The van der Waals surface area contributed by atoms with Crippen LogP contribution in [-0.4, -0.2) is 18.6 Å². The van der Waals surface area contributed by atoms with Gasteiger partial charge in [-0.3, -0.25) is 4.79 Å². The second-order valence-corrected chi connectivity index (χ2v) is 5.06. The van der Waals surface area contributed by atoms with Crippen LogP contribution in [0.25, 0.3) is 0 Å². The van der Waals surface area contributed by atoms with Crippen LogP contribution in [-0.2, 0) is 4.79 Å². The van der Waals surface area contributed by atoms with E-state index in [4.69, 9.17) is 10.5 Å². The Hall–Kier alpha value is -1.55. The Morgan fingerprint density at radius 1 is 1.37 bits per heavy atom. The molecule has 0 aliphatic heterocycles. The fraction of sp³-hybridized carbons (Fsp3) is 0.533. The molecule has 0 heterocycles. The summed E-state index contributed by atoms with van der Waals surface area (Å²) in [5, 5.41) is 2.97. The Bertz CT molecular complexity index is 426.